The van der Waals surface area contributed by atoms with E-state index in [9.17, 15) is 4.79 Å². The Labute approximate surface area is 124 Å². The Morgan fingerprint density at radius 1 is 1.15 bits per heavy atom. The zero-order valence-corrected chi connectivity index (χ0v) is 12.3. The van der Waals surface area contributed by atoms with Gasteiger partial charge in [-0.25, -0.2) is 0 Å². The van der Waals surface area contributed by atoms with Gasteiger partial charge in [0.25, 0.3) is 5.91 Å². The highest BCUT2D eigenvalue weighted by molar-refractivity contribution is 6.17. The molecule has 0 spiro atoms. The summed E-state index contributed by atoms with van der Waals surface area (Å²) in [6, 6.07) is 15.0. The van der Waals surface area contributed by atoms with Crippen LogP contribution >= 0.6 is 11.6 Å². The molecule has 2 aromatic rings. The number of alkyl halides is 1. The fourth-order valence-corrected chi connectivity index (χ4v) is 2.13. The number of nitrogens with zero attached hydrogens (tertiary/aromatic N) is 1. The third kappa shape index (κ3) is 3.31. The standard InChI is InChI=1S/C16H17ClN2O/c1-19(2)15-9-4-3-8-14(15)18-16(20)13-7-5-6-12(10-13)11-17/h3-10H,11H2,1-2H3,(H,18,20). The van der Waals surface area contributed by atoms with Gasteiger partial charge in [0.2, 0.25) is 0 Å². The molecule has 0 aromatic heterocycles. The van der Waals surface area contributed by atoms with E-state index < -0.39 is 0 Å². The fraction of sp³-hybridized carbons (Fsp3) is 0.188. The predicted molar refractivity (Wildman–Crippen MR) is 84.7 cm³/mol. The third-order valence-corrected chi connectivity index (χ3v) is 3.29. The molecule has 3 nitrogen and oxygen atoms in total. The van der Waals surface area contributed by atoms with Crippen molar-refractivity contribution in [1.82, 2.24) is 0 Å². The van der Waals surface area contributed by atoms with Crippen molar-refractivity contribution in [3.8, 4) is 0 Å². The van der Waals surface area contributed by atoms with Gasteiger partial charge in [0.05, 0.1) is 11.4 Å². The summed E-state index contributed by atoms with van der Waals surface area (Å²) in [5.41, 5.74) is 3.30. The molecular weight excluding hydrogens is 272 g/mol. The van der Waals surface area contributed by atoms with Crippen LogP contribution in [0.3, 0.4) is 0 Å². The zero-order valence-electron chi connectivity index (χ0n) is 11.6. The first kappa shape index (κ1) is 14.4. The van der Waals surface area contributed by atoms with Crippen LogP contribution in [0, 0.1) is 0 Å². The van der Waals surface area contributed by atoms with Crippen molar-refractivity contribution in [1.29, 1.82) is 0 Å². The number of rotatable bonds is 4. The molecule has 0 bridgehead atoms. The van der Waals surface area contributed by atoms with Crippen LogP contribution in [0.2, 0.25) is 0 Å². The Balaban J connectivity index is 2.23. The van der Waals surface area contributed by atoms with Crippen LogP contribution in [0.1, 0.15) is 15.9 Å². The van der Waals surface area contributed by atoms with Crippen LogP contribution in [0.5, 0.6) is 0 Å². The quantitative estimate of drug-likeness (QED) is 0.869. The molecule has 2 rings (SSSR count). The van der Waals surface area contributed by atoms with Crippen LogP contribution in [-0.4, -0.2) is 20.0 Å². The summed E-state index contributed by atoms with van der Waals surface area (Å²) in [5, 5.41) is 2.94. The lowest BCUT2D eigenvalue weighted by Gasteiger charge is -2.17. The van der Waals surface area contributed by atoms with Crippen molar-refractivity contribution in [3.05, 3.63) is 59.7 Å². The topological polar surface area (TPSA) is 32.3 Å². The van der Waals surface area contributed by atoms with Gasteiger partial charge in [-0.1, -0.05) is 24.3 Å². The zero-order chi connectivity index (χ0) is 14.5. The van der Waals surface area contributed by atoms with Crippen LogP contribution in [0.4, 0.5) is 11.4 Å². The second kappa shape index (κ2) is 6.44. The number of para-hydroxylation sites is 2. The van der Waals surface area contributed by atoms with E-state index in [1.54, 1.807) is 12.1 Å². The van der Waals surface area contributed by atoms with Gasteiger partial charge in [-0.2, -0.15) is 0 Å². The predicted octanol–water partition coefficient (Wildman–Crippen LogP) is 3.74. The van der Waals surface area contributed by atoms with E-state index in [-0.39, 0.29) is 5.91 Å². The Morgan fingerprint density at radius 2 is 1.90 bits per heavy atom. The minimum absolute atomic E-state index is 0.133. The van der Waals surface area contributed by atoms with Crippen molar-refractivity contribution < 1.29 is 4.79 Å². The number of benzene rings is 2. The summed E-state index contributed by atoms with van der Waals surface area (Å²) in [5.74, 6) is 0.265. The molecule has 0 saturated carbocycles. The summed E-state index contributed by atoms with van der Waals surface area (Å²) in [7, 11) is 3.89. The molecule has 2 aromatic carbocycles. The van der Waals surface area contributed by atoms with Crippen molar-refractivity contribution in [2.45, 2.75) is 5.88 Å². The molecule has 0 aliphatic heterocycles. The molecule has 1 amide bonds. The highest BCUT2D eigenvalue weighted by Crippen LogP contribution is 2.24. The van der Waals surface area contributed by atoms with Crippen molar-refractivity contribution in [3.63, 3.8) is 0 Å². The summed E-state index contributed by atoms with van der Waals surface area (Å²) in [6.45, 7) is 0. The molecular formula is C16H17ClN2O. The maximum Gasteiger partial charge on any atom is 0.255 e. The molecule has 0 radical (unpaired) electrons. The average Bonchev–Trinajstić information content (AvgIpc) is 2.47. The van der Waals surface area contributed by atoms with Crippen molar-refractivity contribution in [2.75, 3.05) is 24.3 Å². The minimum atomic E-state index is -0.133. The normalized spacial score (nSPS) is 10.2. The lowest BCUT2D eigenvalue weighted by molar-refractivity contribution is 0.102. The van der Waals surface area contributed by atoms with Crippen LogP contribution < -0.4 is 10.2 Å². The first-order valence-electron chi connectivity index (χ1n) is 6.34. The third-order valence-electron chi connectivity index (χ3n) is 2.98. The van der Waals surface area contributed by atoms with Crippen molar-refractivity contribution >= 4 is 28.9 Å². The Bertz CT molecular complexity index is 611. The number of hydrogen-bond donors (Lipinski definition) is 1. The Kier molecular flexibility index (Phi) is 4.64. The van der Waals surface area contributed by atoms with E-state index in [2.05, 4.69) is 5.32 Å². The highest BCUT2D eigenvalue weighted by atomic mass is 35.5. The van der Waals surface area contributed by atoms with Gasteiger partial charge in [0, 0.05) is 25.5 Å². The maximum atomic E-state index is 12.3. The van der Waals surface area contributed by atoms with E-state index in [1.807, 2.05) is 55.4 Å². The van der Waals surface area contributed by atoms with Gasteiger partial charge >= 0.3 is 0 Å². The van der Waals surface area contributed by atoms with Crippen LogP contribution in [-0.2, 0) is 5.88 Å². The molecule has 0 aliphatic carbocycles. The second-order valence-electron chi connectivity index (χ2n) is 4.70. The van der Waals surface area contributed by atoms with E-state index in [0.717, 1.165) is 16.9 Å². The average molecular weight is 289 g/mol. The molecule has 0 atom stereocenters. The summed E-state index contributed by atoms with van der Waals surface area (Å²) in [4.78, 5) is 14.2. The lowest BCUT2D eigenvalue weighted by Crippen LogP contribution is -2.16. The summed E-state index contributed by atoms with van der Waals surface area (Å²) >= 11 is 5.79. The smallest absolute Gasteiger partial charge is 0.255 e. The first-order valence-corrected chi connectivity index (χ1v) is 6.88. The number of carbonyl (C=O) groups excluding carboxylic acids is 1. The van der Waals surface area contributed by atoms with Gasteiger partial charge in [-0.3, -0.25) is 4.79 Å². The molecule has 20 heavy (non-hydrogen) atoms. The number of amides is 1. The van der Waals surface area contributed by atoms with E-state index in [4.69, 9.17) is 11.6 Å². The van der Waals surface area contributed by atoms with Crippen molar-refractivity contribution in [2.24, 2.45) is 0 Å². The Morgan fingerprint density at radius 3 is 2.60 bits per heavy atom. The molecule has 104 valence electrons. The molecule has 0 unspecified atom stereocenters. The molecule has 0 heterocycles. The lowest BCUT2D eigenvalue weighted by atomic mass is 10.1. The van der Waals surface area contributed by atoms with Gasteiger partial charge < -0.3 is 10.2 Å². The molecule has 0 aliphatic rings. The summed E-state index contributed by atoms with van der Waals surface area (Å²) < 4.78 is 0. The number of anilines is 2. The largest absolute Gasteiger partial charge is 0.376 e. The van der Waals surface area contributed by atoms with E-state index in [1.165, 1.54) is 0 Å². The number of halogens is 1. The molecule has 1 N–H and O–H groups in total. The minimum Gasteiger partial charge on any atom is -0.376 e. The van der Waals surface area contributed by atoms with Gasteiger partial charge in [0.15, 0.2) is 0 Å². The van der Waals surface area contributed by atoms with Gasteiger partial charge in [-0.15, -0.1) is 11.6 Å². The van der Waals surface area contributed by atoms with Gasteiger partial charge in [0.1, 0.15) is 0 Å². The molecule has 0 fully saturated rings. The SMILES string of the molecule is CN(C)c1ccccc1NC(=O)c1cccc(CCl)c1. The van der Waals surface area contributed by atoms with Crippen LogP contribution in [0.25, 0.3) is 0 Å². The molecule has 4 heteroatoms. The summed E-state index contributed by atoms with van der Waals surface area (Å²) in [6.07, 6.45) is 0. The number of carbonyl (C=O) groups is 1. The second-order valence-corrected chi connectivity index (χ2v) is 4.97. The fourth-order valence-electron chi connectivity index (χ4n) is 1.96. The molecule has 0 saturated heterocycles. The van der Waals surface area contributed by atoms with E-state index >= 15 is 0 Å². The van der Waals surface area contributed by atoms with Crippen LogP contribution in [0.15, 0.2) is 48.5 Å². The number of nitrogens with one attached hydrogen (secondary N) is 1. The highest BCUT2D eigenvalue weighted by Gasteiger charge is 2.10. The first-order chi connectivity index (χ1) is 9.61. The van der Waals surface area contributed by atoms with E-state index in [0.29, 0.717) is 11.4 Å². The monoisotopic (exact) mass is 288 g/mol. The maximum absolute atomic E-state index is 12.3. The Hall–Kier alpha value is -2.00. The van der Waals surface area contributed by atoms with Gasteiger partial charge in [-0.05, 0) is 29.8 Å². The number of hydrogen-bond acceptors (Lipinski definition) is 2.